The SMILES string of the molecule is Cl.NC(=O)C1CC(C(=O)N2CC3CCC(N)C3C2)=NN1c1ccccc1. The molecule has 4 unspecified atom stereocenters. The van der Waals surface area contributed by atoms with Crippen molar-refractivity contribution in [2.24, 2.45) is 28.4 Å². The van der Waals surface area contributed by atoms with Crippen molar-refractivity contribution in [2.45, 2.75) is 31.3 Å². The van der Waals surface area contributed by atoms with Crippen molar-refractivity contribution in [1.82, 2.24) is 4.90 Å². The molecule has 26 heavy (non-hydrogen) atoms. The molecule has 2 fully saturated rings. The smallest absolute Gasteiger partial charge is 0.270 e. The van der Waals surface area contributed by atoms with Gasteiger partial charge >= 0.3 is 0 Å². The van der Waals surface area contributed by atoms with Gasteiger partial charge < -0.3 is 16.4 Å². The quantitative estimate of drug-likeness (QED) is 0.809. The van der Waals surface area contributed by atoms with Gasteiger partial charge in [0.25, 0.3) is 5.91 Å². The van der Waals surface area contributed by atoms with Crippen LogP contribution in [-0.4, -0.2) is 47.6 Å². The molecule has 4 atom stereocenters. The maximum atomic E-state index is 12.9. The number of nitrogens with two attached hydrogens (primary N) is 2. The fourth-order valence-corrected chi connectivity index (χ4v) is 4.34. The van der Waals surface area contributed by atoms with Crippen LogP contribution in [0.4, 0.5) is 5.69 Å². The molecule has 1 saturated heterocycles. The minimum absolute atomic E-state index is 0. The zero-order valence-corrected chi connectivity index (χ0v) is 15.3. The van der Waals surface area contributed by atoms with Crippen LogP contribution in [0.15, 0.2) is 35.4 Å². The molecular weight excluding hydrogens is 354 g/mol. The molecule has 8 heteroatoms. The Morgan fingerprint density at radius 2 is 1.85 bits per heavy atom. The van der Waals surface area contributed by atoms with E-state index in [1.54, 1.807) is 5.01 Å². The van der Waals surface area contributed by atoms with E-state index in [-0.39, 0.29) is 30.8 Å². The number of hydrogen-bond acceptors (Lipinski definition) is 5. The fraction of sp³-hybridized carbons (Fsp3) is 0.500. The van der Waals surface area contributed by atoms with E-state index in [1.807, 2.05) is 35.2 Å². The third-order valence-corrected chi connectivity index (χ3v) is 5.71. The molecule has 3 aliphatic rings. The Hall–Kier alpha value is -2.12. The number of nitrogens with zero attached hydrogens (tertiary/aromatic N) is 3. The first-order chi connectivity index (χ1) is 12.0. The molecule has 140 valence electrons. The normalized spacial score (nSPS) is 30.0. The Balaban J connectivity index is 0.00000196. The molecule has 1 aromatic carbocycles. The van der Waals surface area contributed by atoms with Crippen molar-refractivity contribution in [3.8, 4) is 0 Å². The summed E-state index contributed by atoms with van der Waals surface area (Å²) in [5.41, 5.74) is 12.9. The molecule has 2 amide bonds. The zero-order chi connectivity index (χ0) is 17.6. The first-order valence-electron chi connectivity index (χ1n) is 8.80. The summed E-state index contributed by atoms with van der Waals surface area (Å²) in [6.07, 6.45) is 2.38. The van der Waals surface area contributed by atoms with Crippen molar-refractivity contribution in [1.29, 1.82) is 0 Å². The van der Waals surface area contributed by atoms with Crippen LogP contribution in [0, 0.1) is 11.8 Å². The fourth-order valence-electron chi connectivity index (χ4n) is 4.34. The molecule has 1 saturated carbocycles. The molecule has 7 nitrogen and oxygen atoms in total. The van der Waals surface area contributed by atoms with Crippen LogP contribution in [0.25, 0.3) is 0 Å². The highest BCUT2D eigenvalue weighted by molar-refractivity contribution is 6.40. The second-order valence-electron chi connectivity index (χ2n) is 7.22. The van der Waals surface area contributed by atoms with Crippen LogP contribution in [-0.2, 0) is 9.59 Å². The Morgan fingerprint density at radius 3 is 2.50 bits per heavy atom. The standard InChI is InChI=1S/C18H23N5O2.ClH/c19-14-7-6-11-9-22(10-13(11)14)18(25)15-8-16(17(20)24)23(21-15)12-4-2-1-3-5-12;/h1-5,11,13-14,16H,6-10,19H2,(H2,20,24);1H. The number of fused-ring (bicyclic) bond motifs is 1. The molecule has 1 aromatic rings. The lowest BCUT2D eigenvalue weighted by Crippen LogP contribution is -2.40. The van der Waals surface area contributed by atoms with E-state index in [9.17, 15) is 9.59 Å². The third kappa shape index (κ3) is 3.17. The van der Waals surface area contributed by atoms with Crippen LogP contribution in [0.5, 0.6) is 0 Å². The van der Waals surface area contributed by atoms with Crippen molar-refractivity contribution >= 4 is 35.6 Å². The summed E-state index contributed by atoms with van der Waals surface area (Å²) in [4.78, 5) is 26.6. The zero-order valence-electron chi connectivity index (χ0n) is 14.5. The lowest BCUT2D eigenvalue weighted by Gasteiger charge is -2.20. The Labute approximate surface area is 158 Å². The molecular formula is C18H24ClN5O2. The molecule has 0 bridgehead atoms. The Kier molecular flexibility index (Phi) is 5.20. The number of carbonyl (C=O) groups excluding carboxylic acids is 2. The predicted octanol–water partition coefficient (Wildman–Crippen LogP) is 0.724. The average Bonchev–Trinajstić information content (AvgIpc) is 3.31. The van der Waals surface area contributed by atoms with Gasteiger partial charge in [-0.25, -0.2) is 0 Å². The number of para-hydroxylation sites is 1. The van der Waals surface area contributed by atoms with Gasteiger partial charge in [-0.2, -0.15) is 5.10 Å². The predicted molar refractivity (Wildman–Crippen MR) is 102 cm³/mol. The van der Waals surface area contributed by atoms with Gasteiger partial charge in [-0.3, -0.25) is 14.6 Å². The van der Waals surface area contributed by atoms with E-state index in [1.165, 1.54) is 0 Å². The summed E-state index contributed by atoms with van der Waals surface area (Å²) >= 11 is 0. The van der Waals surface area contributed by atoms with Crippen molar-refractivity contribution in [2.75, 3.05) is 18.1 Å². The molecule has 1 aliphatic carbocycles. The second-order valence-corrected chi connectivity index (χ2v) is 7.22. The van der Waals surface area contributed by atoms with Crippen LogP contribution >= 0.6 is 12.4 Å². The molecule has 0 radical (unpaired) electrons. The molecule has 0 aromatic heterocycles. The molecule has 4 N–H and O–H groups in total. The maximum Gasteiger partial charge on any atom is 0.270 e. The molecule has 2 aliphatic heterocycles. The number of rotatable bonds is 3. The molecule has 2 heterocycles. The lowest BCUT2D eigenvalue weighted by atomic mass is 9.98. The highest BCUT2D eigenvalue weighted by Crippen LogP contribution is 2.37. The van der Waals surface area contributed by atoms with E-state index < -0.39 is 11.9 Å². The number of benzene rings is 1. The minimum atomic E-state index is -0.620. The number of primary amides is 1. The van der Waals surface area contributed by atoms with Crippen LogP contribution < -0.4 is 16.5 Å². The number of amides is 2. The van der Waals surface area contributed by atoms with Gasteiger partial charge in [-0.1, -0.05) is 18.2 Å². The summed E-state index contributed by atoms with van der Waals surface area (Å²) in [5.74, 6) is 0.322. The Bertz CT molecular complexity index is 726. The number of hydrogen-bond donors (Lipinski definition) is 2. The number of likely N-dealkylation sites (tertiary alicyclic amines) is 1. The molecule has 0 spiro atoms. The van der Waals surface area contributed by atoms with E-state index in [0.717, 1.165) is 25.1 Å². The summed E-state index contributed by atoms with van der Waals surface area (Å²) < 4.78 is 0. The third-order valence-electron chi connectivity index (χ3n) is 5.71. The number of halogens is 1. The van der Waals surface area contributed by atoms with E-state index >= 15 is 0 Å². The van der Waals surface area contributed by atoms with Gasteiger partial charge in [0.1, 0.15) is 11.8 Å². The highest BCUT2D eigenvalue weighted by atomic mass is 35.5. The minimum Gasteiger partial charge on any atom is -0.368 e. The number of hydrazone groups is 1. The summed E-state index contributed by atoms with van der Waals surface area (Å²) in [6.45, 7) is 1.43. The monoisotopic (exact) mass is 377 g/mol. The first-order valence-corrected chi connectivity index (χ1v) is 8.80. The van der Waals surface area contributed by atoms with Crippen LogP contribution in [0.2, 0.25) is 0 Å². The van der Waals surface area contributed by atoms with E-state index in [0.29, 0.717) is 24.1 Å². The average molecular weight is 378 g/mol. The summed E-state index contributed by atoms with van der Waals surface area (Å²) in [7, 11) is 0. The lowest BCUT2D eigenvalue weighted by molar-refractivity contribution is -0.123. The van der Waals surface area contributed by atoms with Crippen LogP contribution in [0.3, 0.4) is 0 Å². The van der Waals surface area contributed by atoms with E-state index in [2.05, 4.69) is 5.10 Å². The topological polar surface area (TPSA) is 105 Å². The van der Waals surface area contributed by atoms with Crippen molar-refractivity contribution in [3.63, 3.8) is 0 Å². The van der Waals surface area contributed by atoms with Gasteiger partial charge in [0.2, 0.25) is 5.91 Å². The highest BCUT2D eigenvalue weighted by Gasteiger charge is 2.44. The van der Waals surface area contributed by atoms with Crippen molar-refractivity contribution in [3.05, 3.63) is 30.3 Å². The maximum absolute atomic E-state index is 12.9. The number of carbonyl (C=O) groups is 2. The van der Waals surface area contributed by atoms with E-state index in [4.69, 9.17) is 11.5 Å². The van der Waals surface area contributed by atoms with Gasteiger partial charge in [-0.05, 0) is 36.8 Å². The number of anilines is 1. The van der Waals surface area contributed by atoms with Gasteiger partial charge in [0.15, 0.2) is 0 Å². The van der Waals surface area contributed by atoms with Gasteiger partial charge in [-0.15, -0.1) is 12.4 Å². The second kappa shape index (κ2) is 7.25. The molecule has 4 rings (SSSR count). The summed E-state index contributed by atoms with van der Waals surface area (Å²) in [6, 6.07) is 8.90. The van der Waals surface area contributed by atoms with Crippen LogP contribution in [0.1, 0.15) is 19.3 Å². The van der Waals surface area contributed by atoms with Gasteiger partial charge in [0, 0.05) is 25.6 Å². The summed E-state index contributed by atoms with van der Waals surface area (Å²) in [5, 5.41) is 6.01. The largest absolute Gasteiger partial charge is 0.368 e. The van der Waals surface area contributed by atoms with Gasteiger partial charge in [0.05, 0.1) is 5.69 Å². The van der Waals surface area contributed by atoms with Crippen molar-refractivity contribution < 1.29 is 9.59 Å². The Morgan fingerprint density at radius 1 is 1.12 bits per heavy atom. The first kappa shape index (κ1) is 18.7.